The van der Waals surface area contributed by atoms with Crippen LogP contribution in [0.4, 0.5) is 17.1 Å². The SMILES string of the molecule is Nc1cc([N+](=O)[O-])ccc1NCc1ncc[nH]1. The number of nitro groups is 1. The monoisotopic (exact) mass is 233 g/mol. The van der Waals surface area contributed by atoms with E-state index in [1.54, 1.807) is 18.5 Å². The Bertz CT molecular complexity index is 523. The van der Waals surface area contributed by atoms with Crippen LogP contribution in [0.15, 0.2) is 30.6 Å². The van der Waals surface area contributed by atoms with Crippen LogP contribution in [-0.2, 0) is 6.54 Å². The summed E-state index contributed by atoms with van der Waals surface area (Å²) in [4.78, 5) is 17.0. The first-order chi connectivity index (χ1) is 8.16. The molecule has 0 radical (unpaired) electrons. The van der Waals surface area contributed by atoms with Crippen LogP contribution in [0.1, 0.15) is 5.82 Å². The first kappa shape index (κ1) is 10.9. The Morgan fingerprint density at radius 2 is 2.35 bits per heavy atom. The third kappa shape index (κ3) is 2.51. The maximum Gasteiger partial charge on any atom is 0.271 e. The molecule has 0 aliphatic carbocycles. The van der Waals surface area contributed by atoms with Gasteiger partial charge in [-0.3, -0.25) is 10.1 Å². The minimum atomic E-state index is -0.479. The highest BCUT2D eigenvalue weighted by Crippen LogP contribution is 2.24. The number of hydrogen-bond acceptors (Lipinski definition) is 5. The van der Waals surface area contributed by atoms with Gasteiger partial charge in [0.05, 0.1) is 22.8 Å². The normalized spacial score (nSPS) is 10.1. The van der Waals surface area contributed by atoms with Crippen molar-refractivity contribution in [2.45, 2.75) is 6.54 Å². The van der Waals surface area contributed by atoms with Crippen molar-refractivity contribution in [3.8, 4) is 0 Å². The molecule has 1 aromatic heterocycles. The van der Waals surface area contributed by atoms with E-state index in [-0.39, 0.29) is 5.69 Å². The molecule has 0 spiro atoms. The van der Waals surface area contributed by atoms with Crippen molar-refractivity contribution in [2.24, 2.45) is 0 Å². The molecule has 0 saturated carbocycles. The molecule has 0 unspecified atom stereocenters. The summed E-state index contributed by atoms with van der Waals surface area (Å²) in [6.45, 7) is 0.481. The number of nitro benzene ring substituents is 1. The van der Waals surface area contributed by atoms with Gasteiger partial charge < -0.3 is 16.0 Å². The van der Waals surface area contributed by atoms with E-state index in [1.807, 2.05) is 0 Å². The Balaban J connectivity index is 2.09. The molecule has 1 heterocycles. The molecule has 1 aromatic carbocycles. The molecule has 0 aliphatic heterocycles. The van der Waals surface area contributed by atoms with Crippen molar-refractivity contribution in [3.05, 3.63) is 46.5 Å². The lowest BCUT2D eigenvalue weighted by molar-refractivity contribution is -0.384. The number of anilines is 2. The van der Waals surface area contributed by atoms with E-state index in [0.717, 1.165) is 5.82 Å². The fourth-order valence-electron chi connectivity index (χ4n) is 1.40. The topological polar surface area (TPSA) is 110 Å². The van der Waals surface area contributed by atoms with E-state index < -0.39 is 4.92 Å². The van der Waals surface area contributed by atoms with E-state index in [9.17, 15) is 10.1 Å². The summed E-state index contributed by atoms with van der Waals surface area (Å²) in [6, 6.07) is 4.31. The van der Waals surface area contributed by atoms with Gasteiger partial charge in [0.2, 0.25) is 0 Å². The van der Waals surface area contributed by atoms with E-state index in [2.05, 4.69) is 15.3 Å². The lowest BCUT2D eigenvalue weighted by atomic mass is 10.2. The minimum absolute atomic E-state index is 0.0222. The highest BCUT2D eigenvalue weighted by Gasteiger charge is 2.08. The predicted octanol–water partition coefficient (Wildman–Crippen LogP) is 1.51. The van der Waals surface area contributed by atoms with Crippen molar-refractivity contribution in [3.63, 3.8) is 0 Å². The van der Waals surface area contributed by atoms with Crippen LogP contribution in [0.2, 0.25) is 0 Å². The standard InChI is InChI=1S/C10H11N5O2/c11-8-5-7(15(16)17)1-2-9(8)14-6-10-12-3-4-13-10/h1-5,14H,6,11H2,(H,12,13). The van der Waals surface area contributed by atoms with Crippen LogP contribution in [0.3, 0.4) is 0 Å². The molecule has 7 nitrogen and oxygen atoms in total. The lowest BCUT2D eigenvalue weighted by Crippen LogP contribution is -2.04. The first-order valence-corrected chi connectivity index (χ1v) is 4.93. The van der Waals surface area contributed by atoms with Crippen LogP contribution < -0.4 is 11.1 Å². The summed E-state index contributed by atoms with van der Waals surface area (Å²) in [5, 5.41) is 13.6. The number of H-pyrrole nitrogens is 1. The van der Waals surface area contributed by atoms with Crippen molar-refractivity contribution in [1.82, 2.24) is 9.97 Å². The Labute approximate surface area is 96.8 Å². The number of rotatable bonds is 4. The van der Waals surface area contributed by atoms with E-state index in [1.165, 1.54) is 12.1 Å². The van der Waals surface area contributed by atoms with Crippen molar-refractivity contribution in [2.75, 3.05) is 11.1 Å². The molecule has 0 aliphatic rings. The molecule has 0 amide bonds. The first-order valence-electron chi connectivity index (χ1n) is 4.93. The zero-order valence-electron chi connectivity index (χ0n) is 8.88. The third-order valence-corrected chi connectivity index (χ3v) is 2.25. The maximum atomic E-state index is 10.5. The highest BCUT2D eigenvalue weighted by molar-refractivity contribution is 5.69. The van der Waals surface area contributed by atoms with Gasteiger partial charge in [-0.2, -0.15) is 0 Å². The number of nitrogens with two attached hydrogens (primary N) is 1. The summed E-state index contributed by atoms with van der Waals surface area (Å²) in [5.74, 6) is 0.766. The van der Waals surface area contributed by atoms with Gasteiger partial charge in [0.1, 0.15) is 5.82 Å². The number of aromatic amines is 1. The Kier molecular flexibility index (Phi) is 2.91. The number of hydrogen-bond donors (Lipinski definition) is 3. The molecule has 4 N–H and O–H groups in total. The van der Waals surface area contributed by atoms with Gasteiger partial charge in [0.15, 0.2) is 0 Å². The zero-order chi connectivity index (χ0) is 12.3. The quantitative estimate of drug-likeness (QED) is 0.421. The average molecular weight is 233 g/mol. The van der Waals surface area contributed by atoms with Gasteiger partial charge in [0.25, 0.3) is 5.69 Å². The van der Waals surface area contributed by atoms with E-state index in [0.29, 0.717) is 17.9 Å². The van der Waals surface area contributed by atoms with Crippen molar-refractivity contribution >= 4 is 17.1 Å². The number of aromatic nitrogens is 2. The van der Waals surface area contributed by atoms with Gasteiger partial charge in [-0.05, 0) is 6.07 Å². The Morgan fingerprint density at radius 1 is 1.53 bits per heavy atom. The van der Waals surface area contributed by atoms with Gasteiger partial charge in [-0.25, -0.2) is 4.98 Å². The van der Waals surface area contributed by atoms with E-state index in [4.69, 9.17) is 5.73 Å². The summed E-state index contributed by atoms with van der Waals surface area (Å²) in [7, 11) is 0. The minimum Gasteiger partial charge on any atom is -0.397 e. The molecule has 7 heteroatoms. The van der Waals surface area contributed by atoms with E-state index >= 15 is 0 Å². The van der Waals surface area contributed by atoms with Crippen LogP contribution >= 0.6 is 0 Å². The van der Waals surface area contributed by atoms with Crippen LogP contribution in [0.5, 0.6) is 0 Å². The lowest BCUT2D eigenvalue weighted by Gasteiger charge is -2.07. The number of nitrogens with zero attached hydrogens (tertiary/aromatic N) is 2. The van der Waals surface area contributed by atoms with Crippen LogP contribution in [0, 0.1) is 10.1 Å². The highest BCUT2D eigenvalue weighted by atomic mass is 16.6. The third-order valence-electron chi connectivity index (χ3n) is 2.25. The average Bonchev–Trinajstić information content (AvgIpc) is 2.80. The van der Waals surface area contributed by atoms with Crippen molar-refractivity contribution < 1.29 is 4.92 Å². The summed E-state index contributed by atoms with van der Waals surface area (Å²) in [6.07, 6.45) is 3.37. The largest absolute Gasteiger partial charge is 0.397 e. The number of benzene rings is 1. The molecule has 0 saturated heterocycles. The zero-order valence-corrected chi connectivity index (χ0v) is 8.88. The molecular weight excluding hydrogens is 222 g/mol. The van der Waals surface area contributed by atoms with Gasteiger partial charge in [-0.15, -0.1) is 0 Å². The molecule has 0 fully saturated rings. The van der Waals surface area contributed by atoms with Gasteiger partial charge in [-0.1, -0.05) is 0 Å². The van der Waals surface area contributed by atoms with Crippen LogP contribution in [0.25, 0.3) is 0 Å². The van der Waals surface area contributed by atoms with Crippen LogP contribution in [-0.4, -0.2) is 14.9 Å². The number of nitrogens with one attached hydrogen (secondary N) is 2. The fraction of sp³-hybridized carbons (Fsp3) is 0.100. The smallest absolute Gasteiger partial charge is 0.271 e. The summed E-state index contributed by atoms with van der Waals surface area (Å²) >= 11 is 0. The molecule has 2 aromatic rings. The fourth-order valence-corrected chi connectivity index (χ4v) is 1.40. The molecular formula is C10H11N5O2. The number of imidazole rings is 1. The van der Waals surface area contributed by atoms with Crippen molar-refractivity contribution in [1.29, 1.82) is 0 Å². The molecule has 0 bridgehead atoms. The maximum absolute atomic E-state index is 10.5. The molecule has 2 rings (SSSR count). The molecule has 17 heavy (non-hydrogen) atoms. The Morgan fingerprint density at radius 3 is 2.94 bits per heavy atom. The second-order valence-corrected chi connectivity index (χ2v) is 3.42. The summed E-state index contributed by atoms with van der Waals surface area (Å²) in [5.41, 5.74) is 6.66. The Hall–Kier alpha value is -2.57. The summed E-state index contributed by atoms with van der Waals surface area (Å²) < 4.78 is 0. The predicted molar refractivity (Wildman–Crippen MR) is 63.4 cm³/mol. The second-order valence-electron chi connectivity index (χ2n) is 3.42. The van der Waals surface area contributed by atoms with Gasteiger partial charge in [0, 0.05) is 24.5 Å². The number of non-ortho nitro benzene ring substituents is 1. The van der Waals surface area contributed by atoms with Gasteiger partial charge >= 0.3 is 0 Å². The second kappa shape index (κ2) is 4.52. The molecule has 88 valence electrons. The number of nitrogen functional groups attached to an aromatic ring is 1. The molecule has 0 atom stereocenters.